The molecule has 0 heterocycles. The number of ether oxygens (including phenoxy) is 1. The molecule has 0 aliphatic rings. The van der Waals surface area contributed by atoms with E-state index in [1.54, 1.807) is 27.0 Å². The number of ketones is 1. The number of halogens is 3. The van der Waals surface area contributed by atoms with Crippen molar-refractivity contribution in [3.8, 4) is 16.9 Å². The third kappa shape index (κ3) is 6.35. The van der Waals surface area contributed by atoms with Gasteiger partial charge in [-0.1, -0.05) is 36.4 Å². The van der Waals surface area contributed by atoms with E-state index in [1.165, 1.54) is 73.7 Å². The van der Waals surface area contributed by atoms with Crippen LogP contribution in [0.3, 0.4) is 0 Å². The van der Waals surface area contributed by atoms with E-state index in [2.05, 4.69) is 10.6 Å². The molecule has 1 amide bonds. The number of hydrogen-bond donors (Lipinski definition) is 3. The third-order valence-corrected chi connectivity index (χ3v) is 8.08. The van der Waals surface area contributed by atoms with Crippen molar-refractivity contribution in [2.75, 3.05) is 17.7 Å². The summed E-state index contributed by atoms with van der Waals surface area (Å²) < 4.78 is 49.4. The first-order chi connectivity index (χ1) is 21.6. The van der Waals surface area contributed by atoms with E-state index in [0.717, 1.165) is 12.5 Å². The highest BCUT2D eigenvalue weighted by molar-refractivity contribution is 6.11. The summed E-state index contributed by atoms with van der Waals surface area (Å²) in [6.07, 6.45) is -4.72. The zero-order valence-corrected chi connectivity index (χ0v) is 25.6. The lowest BCUT2D eigenvalue weighted by atomic mass is 9.74. The van der Waals surface area contributed by atoms with Gasteiger partial charge in [0, 0.05) is 18.4 Å². The summed E-state index contributed by atoms with van der Waals surface area (Å²) in [5.74, 6) is -2.63. The highest BCUT2D eigenvalue weighted by Crippen LogP contribution is 2.47. The Morgan fingerprint density at radius 3 is 1.85 bits per heavy atom. The smallest absolute Gasteiger partial charge is 0.402 e. The van der Waals surface area contributed by atoms with E-state index in [-0.39, 0.29) is 45.7 Å². The predicted octanol–water partition coefficient (Wildman–Crippen LogP) is 7.57. The van der Waals surface area contributed by atoms with E-state index in [0.29, 0.717) is 22.4 Å². The second-order valence-corrected chi connectivity index (χ2v) is 10.9. The van der Waals surface area contributed by atoms with Gasteiger partial charge in [-0.15, -0.1) is 0 Å². The van der Waals surface area contributed by atoms with Crippen molar-refractivity contribution in [1.29, 1.82) is 0 Å². The lowest BCUT2D eigenvalue weighted by molar-refractivity contribution is -0.173. The van der Waals surface area contributed by atoms with Crippen molar-refractivity contribution in [1.82, 2.24) is 0 Å². The minimum Gasteiger partial charge on any atom is -0.478 e. The molecule has 238 valence electrons. The molecule has 46 heavy (non-hydrogen) atoms. The number of carboxylic acid groups (broad SMARTS) is 1. The number of carbonyl (C=O) groups is 4. The number of alkyl halides is 3. The molecule has 4 rings (SSSR count). The number of nitrogens with one attached hydrogen (secondary N) is 2. The summed E-state index contributed by atoms with van der Waals surface area (Å²) in [5, 5.41) is 15.4. The lowest BCUT2D eigenvalue weighted by Crippen LogP contribution is -2.40. The summed E-state index contributed by atoms with van der Waals surface area (Å²) in [6.45, 7) is 5.91. The molecule has 0 bridgehead atoms. The summed E-state index contributed by atoms with van der Waals surface area (Å²) in [4.78, 5) is 48.7. The highest BCUT2D eigenvalue weighted by Gasteiger charge is 2.53. The van der Waals surface area contributed by atoms with E-state index in [1.807, 2.05) is 0 Å². The van der Waals surface area contributed by atoms with Crippen LogP contribution < -0.4 is 15.4 Å². The van der Waals surface area contributed by atoms with Crippen molar-refractivity contribution >= 4 is 35.5 Å². The van der Waals surface area contributed by atoms with Crippen LogP contribution in [0.25, 0.3) is 11.1 Å². The Hall–Kier alpha value is -5.45. The number of carboxylic acids is 1. The average Bonchev–Trinajstić information content (AvgIpc) is 3.01. The fraction of sp³-hybridized carbons (Fsp3) is 0.200. The van der Waals surface area contributed by atoms with Crippen molar-refractivity contribution in [3.63, 3.8) is 0 Å². The monoisotopic (exact) mass is 632 g/mol. The molecule has 1 atom stereocenters. The summed E-state index contributed by atoms with van der Waals surface area (Å²) in [7, 11) is 1.62. The van der Waals surface area contributed by atoms with Crippen molar-refractivity contribution in [3.05, 3.63) is 112 Å². The molecule has 0 aliphatic carbocycles. The highest BCUT2D eigenvalue weighted by atomic mass is 19.4. The number of aromatic carboxylic acids is 1. The maximum atomic E-state index is 14.8. The maximum Gasteiger partial charge on any atom is 0.402 e. The van der Waals surface area contributed by atoms with Gasteiger partial charge in [-0.25, -0.2) is 4.79 Å². The molecule has 0 aliphatic heterocycles. The Kier molecular flexibility index (Phi) is 9.36. The minimum absolute atomic E-state index is 0.00793. The van der Waals surface area contributed by atoms with Gasteiger partial charge in [0.25, 0.3) is 12.4 Å². The zero-order chi connectivity index (χ0) is 34.0. The first kappa shape index (κ1) is 33.4. The summed E-state index contributed by atoms with van der Waals surface area (Å²) >= 11 is 0. The Balaban J connectivity index is 1.79. The molecule has 3 N–H and O–H groups in total. The predicted molar refractivity (Wildman–Crippen MR) is 168 cm³/mol. The van der Waals surface area contributed by atoms with Crippen LogP contribution >= 0.6 is 0 Å². The molecule has 0 saturated heterocycles. The van der Waals surface area contributed by atoms with Crippen LogP contribution in [0, 0.1) is 13.8 Å². The number of anilines is 2. The van der Waals surface area contributed by atoms with Crippen LogP contribution in [0.5, 0.6) is 5.75 Å². The molecular weight excluding hydrogens is 601 g/mol. The number of Topliss-reactive ketones (excluding diaryl/α,β-unsaturated/α-hetero) is 1. The van der Waals surface area contributed by atoms with Crippen LogP contribution in [-0.2, 0) is 10.2 Å². The lowest BCUT2D eigenvalue weighted by Gasteiger charge is -2.34. The number of hydrogen-bond acceptors (Lipinski definition) is 6. The Morgan fingerprint density at radius 1 is 0.783 bits per heavy atom. The fourth-order valence-corrected chi connectivity index (χ4v) is 5.19. The average molecular weight is 633 g/mol. The molecule has 0 aromatic heterocycles. The molecule has 0 radical (unpaired) electrons. The van der Waals surface area contributed by atoms with Gasteiger partial charge in [0.2, 0.25) is 0 Å². The molecule has 11 heteroatoms. The largest absolute Gasteiger partial charge is 0.478 e. The molecule has 4 aromatic carbocycles. The van der Waals surface area contributed by atoms with Crippen LogP contribution in [0.4, 0.5) is 24.5 Å². The molecular formula is C35H31F3N2O6. The van der Waals surface area contributed by atoms with Crippen LogP contribution in [0.1, 0.15) is 67.2 Å². The van der Waals surface area contributed by atoms with Gasteiger partial charge in [-0.05, 0) is 97.5 Å². The minimum atomic E-state index is -4.72. The molecule has 0 fully saturated rings. The first-order valence-electron chi connectivity index (χ1n) is 14.0. The van der Waals surface area contributed by atoms with Crippen molar-refractivity contribution in [2.45, 2.75) is 39.3 Å². The van der Waals surface area contributed by atoms with E-state index in [9.17, 15) is 37.5 Å². The number of carbonyl (C=O) groups excluding carboxylic acids is 3. The number of amides is 1. The normalized spacial score (nSPS) is 12.5. The number of benzene rings is 4. The first-order valence-corrected chi connectivity index (χ1v) is 14.0. The second-order valence-electron chi connectivity index (χ2n) is 10.9. The van der Waals surface area contributed by atoms with E-state index >= 15 is 0 Å². The Bertz CT molecular complexity index is 1870. The third-order valence-electron chi connectivity index (χ3n) is 8.08. The molecule has 1 unspecified atom stereocenters. The van der Waals surface area contributed by atoms with Gasteiger partial charge >= 0.3 is 12.1 Å². The van der Waals surface area contributed by atoms with Gasteiger partial charge < -0.3 is 20.5 Å². The number of rotatable bonds is 10. The second kappa shape index (κ2) is 12.9. The van der Waals surface area contributed by atoms with Crippen molar-refractivity contribution in [2.24, 2.45) is 0 Å². The molecule has 8 nitrogen and oxygen atoms in total. The maximum absolute atomic E-state index is 14.8. The van der Waals surface area contributed by atoms with Gasteiger partial charge in [-0.3, -0.25) is 14.4 Å². The number of aryl methyl sites for hydroxylation is 2. The zero-order valence-electron chi connectivity index (χ0n) is 25.6. The van der Waals surface area contributed by atoms with Gasteiger partial charge in [0.1, 0.15) is 11.2 Å². The fourth-order valence-electron chi connectivity index (χ4n) is 5.19. The summed E-state index contributed by atoms with van der Waals surface area (Å²) in [5.41, 5.74) is -0.500. The van der Waals surface area contributed by atoms with Crippen LogP contribution in [0.2, 0.25) is 0 Å². The van der Waals surface area contributed by atoms with Gasteiger partial charge in [-0.2, -0.15) is 13.2 Å². The quantitative estimate of drug-likeness (QED) is 0.122. The molecule has 0 spiro atoms. The summed E-state index contributed by atoms with van der Waals surface area (Å²) in [6, 6.07) is 16.9. The molecule has 4 aromatic rings. The van der Waals surface area contributed by atoms with E-state index in [4.69, 9.17) is 4.74 Å². The topological polar surface area (TPSA) is 122 Å². The van der Waals surface area contributed by atoms with Gasteiger partial charge in [0.15, 0.2) is 5.78 Å². The van der Waals surface area contributed by atoms with Crippen LogP contribution in [-0.4, -0.2) is 42.5 Å². The standard InChI is InChI=1S/C35H31F3N2O6/c1-19-6-10-24(16-29(19)39-5)34(4,35(36,37)38)25-11-7-20(2)30(17-25)40-32(43)28-15-22(8-12-26(28)33(44)45)23-9-13-31(46-18-41)27(14-23)21(3)42/h6-18,39H,1-5H3,(H,40,43)(H,44,45). The Morgan fingerprint density at radius 2 is 1.33 bits per heavy atom. The van der Waals surface area contributed by atoms with Crippen molar-refractivity contribution < 1.29 is 42.2 Å². The van der Waals surface area contributed by atoms with Crippen LogP contribution in [0.15, 0.2) is 72.8 Å². The van der Waals surface area contributed by atoms with Gasteiger partial charge in [0.05, 0.1) is 16.7 Å². The Labute approximate surface area is 263 Å². The van der Waals surface area contributed by atoms with E-state index < -0.39 is 29.3 Å². The SMILES string of the molecule is CNc1cc(C(C)(c2ccc(C)c(NC(=O)c3cc(-c4ccc(OC=O)c(C(C)=O)c4)ccc3C(=O)O)c2)C(F)(F)F)ccc1C. The molecule has 0 saturated carbocycles.